The van der Waals surface area contributed by atoms with E-state index in [4.69, 9.17) is 32.7 Å². The summed E-state index contributed by atoms with van der Waals surface area (Å²) in [5, 5.41) is 0.714. The second-order valence-electron chi connectivity index (χ2n) is 14.8. The molecule has 0 N–H and O–H groups in total. The Balaban J connectivity index is 1.17. The third-order valence-corrected chi connectivity index (χ3v) is 13.3. The molecule has 8 heteroatoms. The van der Waals surface area contributed by atoms with Gasteiger partial charge in [0, 0.05) is 23.0 Å². The quantitative estimate of drug-likeness (QED) is 0.232. The molecule has 0 radical (unpaired) electrons. The highest BCUT2D eigenvalue weighted by Crippen LogP contribution is 2.51. The van der Waals surface area contributed by atoms with Crippen molar-refractivity contribution in [3.63, 3.8) is 0 Å². The Morgan fingerprint density at radius 3 is 1.86 bits per heavy atom. The van der Waals surface area contributed by atoms with Crippen molar-refractivity contribution in [3.05, 3.63) is 45.9 Å². The Morgan fingerprint density at radius 1 is 0.773 bits per heavy atom. The number of rotatable bonds is 10. The minimum absolute atomic E-state index is 0.0443. The second kappa shape index (κ2) is 14.9. The molecule has 6 atom stereocenters. The van der Waals surface area contributed by atoms with Gasteiger partial charge >= 0.3 is 0 Å². The summed E-state index contributed by atoms with van der Waals surface area (Å²) in [6.45, 7) is 10.3. The Bertz CT molecular complexity index is 1280. The maximum atomic E-state index is 15.2. The van der Waals surface area contributed by atoms with Gasteiger partial charge in [-0.3, -0.25) is 0 Å². The molecule has 0 saturated heterocycles. The third kappa shape index (κ3) is 8.95. The van der Waals surface area contributed by atoms with E-state index in [-0.39, 0.29) is 10.8 Å². The molecule has 3 unspecified atom stereocenters. The molecule has 2 nitrogen and oxygen atoms in total. The molecule has 3 aliphatic carbocycles. The highest BCUT2D eigenvalue weighted by molar-refractivity contribution is 8.76. The van der Waals surface area contributed by atoms with E-state index in [1.54, 1.807) is 12.1 Å². The van der Waals surface area contributed by atoms with Crippen LogP contribution in [0.5, 0.6) is 11.5 Å². The molecule has 44 heavy (non-hydrogen) atoms. The summed E-state index contributed by atoms with van der Waals surface area (Å²) >= 11 is 13.1. The fraction of sp³-hybridized carbons (Fsp3) is 0.667. The molecule has 5 rings (SSSR count). The first-order valence-corrected chi connectivity index (χ1v) is 19.4. The van der Waals surface area contributed by atoms with Gasteiger partial charge < -0.3 is 9.47 Å². The van der Waals surface area contributed by atoms with Crippen molar-refractivity contribution >= 4 is 44.8 Å². The Hall–Kier alpha value is -0.820. The molecule has 2 bridgehead atoms. The van der Waals surface area contributed by atoms with E-state index in [9.17, 15) is 0 Å². The second-order valence-corrected chi connectivity index (χ2v) is 17.8. The summed E-state index contributed by atoms with van der Waals surface area (Å²) in [7, 11) is 2.23. The van der Waals surface area contributed by atoms with Gasteiger partial charge in [-0.1, -0.05) is 83.0 Å². The molecule has 0 heterocycles. The largest absolute Gasteiger partial charge is 0.491 e. The molecule has 2 aromatic carbocycles. The van der Waals surface area contributed by atoms with Gasteiger partial charge in [-0.05, 0) is 102 Å². The van der Waals surface area contributed by atoms with Gasteiger partial charge in [0.05, 0.1) is 33.0 Å². The van der Waals surface area contributed by atoms with Gasteiger partial charge in [-0.25, -0.2) is 8.78 Å². The predicted octanol–water partition coefficient (Wildman–Crippen LogP) is 13.1. The summed E-state index contributed by atoms with van der Waals surface area (Å²) in [6.07, 6.45) is 14.6. The monoisotopic (exact) mass is 684 g/mol. The smallest absolute Gasteiger partial charge is 0.141 e. The molecule has 244 valence electrons. The van der Waals surface area contributed by atoms with Crippen LogP contribution in [0.3, 0.4) is 0 Å². The van der Waals surface area contributed by atoms with E-state index < -0.39 is 11.6 Å². The number of benzene rings is 2. The Labute approximate surface area is 281 Å². The van der Waals surface area contributed by atoms with Crippen LogP contribution in [0.25, 0.3) is 0 Å². The molecular weight excluding hydrogens is 637 g/mol. The van der Waals surface area contributed by atoms with Gasteiger partial charge in [0.15, 0.2) is 0 Å². The van der Waals surface area contributed by atoms with Gasteiger partial charge in [-0.2, -0.15) is 0 Å². The van der Waals surface area contributed by atoms with Crippen LogP contribution in [0.15, 0.2) is 34.1 Å². The molecule has 0 aromatic heterocycles. The van der Waals surface area contributed by atoms with E-state index in [1.165, 1.54) is 63.5 Å². The minimum atomic E-state index is -0.442. The summed E-state index contributed by atoms with van der Waals surface area (Å²) < 4.78 is 42.6. The predicted molar refractivity (Wildman–Crippen MR) is 182 cm³/mol. The van der Waals surface area contributed by atoms with Crippen molar-refractivity contribution in [2.24, 2.45) is 34.5 Å². The zero-order valence-electron chi connectivity index (χ0n) is 26.7. The van der Waals surface area contributed by atoms with Gasteiger partial charge in [-0.15, -0.1) is 0 Å². The molecule has 3 saturated carbocycles. The normalized spacial score (nSPS) is 30.8. The van der Waals surface area contributed by atoms with E-state index >= 15 is 8.78 Å². The lowest BCUT2D eigenvalue weighted by Crippen LogP contribution is -2.39. The van der Waals surface area contributed by atoms with Crippen molar-refractivity contribution in [2.45, 2.75) is 115 Å². The van der Waals surface area contributed by atoms with Crippen molar-refractivity contribution in [2.75, 3.05) is 13.2 Å². The summed E-state index contributed by atoms with van der Waals surface area (Å²) in [5.74, 6) is 2.86. The highest BCUT2D eigenvalue weighted by atomic mass is 35.5. The fourth-order valence-corrected chi connectivity index (χ4v) is 11.0. The lowest BCUT2D eigenvalue weighted by Gasteiger charge is -2.47. The average molecular weight is 686 g/mol. The van der Waals surface area contributed by atoms with Crippen molar-refractivity contribution in [1.29, 1.82) is 0 Å². The zero-order chi connectivity index (χ0) is 31.5. The van der Waals surface area contributed by atoms with Crippen LogP contribution in [-0.2, 0) is 0 Å². The lowest BCUT2D eigenvalue weighted by atomic mass is 9.60. The standard InChI is InChI=1S/C36H48Cl2F2O2S2/c1-5-24-9-7-6-8-10-35(3,18-24)21-41-31-16-29(39)33(14-27(31)37)43-44-34-15-28(38)32(17-30(34)40)42-22-36(4)19-25-11-23(2)12-26(13-25)20-36/h14-17,23-26H,5-13,18-22H2,1-4H3/t23?,24-,25-,26+,35?,36?/m0/s1. The van der Waals surface area contributed by atoms with Crippen LogP contribution in [-0.4, -0.2) is 13.2 Å². The van der Waals surface area contributed by atoms with Crippen LogP contribution in [0.4, 0.5) is 8.78 Å². The first-order valence-electron chi connectivity index (χ1n) is 16.5. The topological polar surface area (TPSA) is 18.5 Å². The van der Waals surface area contributed by atoms with E-state index in [0.717, 1.165) is 65.0 Å². The SMILES string of the molecule is CC[C@H]1CCCCCC(C)(COc2cc(F)c(SSc3cc(Cl)c(OCC4(C)C[C@@H]5CC(C)C[C@@H](C5)C4)cc3F)cc2Cl)C1. The number of hydrogen-bond acceptors (Lipinski definition) is 4. The van der Waals surface area contributed by atoms with Gasteiger partial charge in [0.2, 0.25) is 0 Å². The maximum absolute atomic E-state index is 15.2. The van der Waals surface area contributed by atoms with Crippen molar-refractivity contribution in [3.8, 4) is 11.5 Å². The lowest BCUT2D eigenvalue weighted by molar-refractivity contribution is 0.0146. The van der Waals surface area contributed by atoms with Crippen LogP contribution in [0, 0.1) is 46.1 Å². The maximum Gasteiger partial charge on any atom is 0.141 e. The van der Waals surface area contributed by atoms with E-state index in [1.807, 2.05) is 0 Å². The van der Waals surface area contributed by atoms with E-state index in [0.29, 0.717) is 50.5 Å². The Kier molecular flexibility index (Phi) is 11.7. The molecular formula is C36H48Cl2F2O2S2. The number of hydrogen-bond donors (Lipinski definition) is 0. The van der Waals surface area contributed by atoms with Gasteiger partial charge in [0.25, 0.3) is 0 Å². The summed E-state index contributed by atoms with van der Waals surface area (Å²) in [6, 6.07) is 5.85. The molecule has 3 aliphatic rings. The van der Waals surface area contributed by atoms with Crippen LogP contribution >= 0.6 is 44.8 Å². The Morgan fingerprint density at radius 2 is 1.32 bits per heavy atom. The van der Waals surface area contributed by atoms with Crippen molar-refractivity contribution in [1.82, 2.24) is 0 Å². The highest BCUT2D eigenvalue weighted by Gasteiger charge is 2.41. The zero-order valence-corrected chi connectivity index (χ0v) is 29.8. The number of halogens is 4. The molecule has 0 aliphatic heterocycles. The summed E-state index contributed by atoms with van der Waals surface area (Å²) in [5.41, 5.74) is 0.122. The summed E-state index contributed by atoms with van der Waals surface area (Å²) in [4.78, 5) is 0.634. The van der Waals surface area contributed by atoms with Crippen LogP contribution < -0.4 is 9.47 Å². The van der Waals surface area contributed by atoms with Gasteiger partial charge in [0.1, 0.15) is 23.1 Å². The first-order chi connectivity index (χ1) is 20.9. The molecule has 0 amide bonds. The van der Waals surface area contributed by atoms with Crippen molar-refractivity contribution < 1.29 is 18.3 Å². The number of ether oxygens (including phenoxy) is 2. The third-order valence-electron chi connectivity index (χ3n) is 10.3. The van der Waals surface area contributed by atoms with Crippen LogP contribution in [0.1, 0.15) is 105 Å². The molecule has 2 aromatic rings. The first kappa shape index (κ1) is 34.5. The average Bonchev–Trinajstić information content (AvgIpc) is 2.94. The fourth-order valence-electron chi connectivity index (χ4n) is 8.33. The van der Waals surface area contributed by atoms with Crippen LogP contribution in [0.2, 0.25) is 10.0 Å². The number of fused-ring (bicyclic) bond motifs is 2. The minimum Gasteiger partial charge on any atom is -0.491 e. The molecule has 0 spiro atoms. The van der Waals surface area contributed by atoms with E-state index in [2.05, 4.69) is 27.7 Å². The molecule has 3 fully saturated rings.